The van der Waals surface area contributed by atoms with Crippen molar-refractivity contribution in [2.45, 2.75) is 51.4 Å². The van der Waals surface area contributed by atoms with Crippen LogP contribution < -0.4 is 9.47 Å². The summed E-state index contributed by atoms with van der Waals surface area (Å²) in [7, 11) is 0. The second-order valence-electron chi connectivity index (χ2n) is 12.7. The quantitative estimate of drug-likeness (QED) is 0.0646. The van der Waals surface area contributed by atoms with Crippen LogP contribution in [0, 0.1) is 11.6 Å². The minimum Gasteiger partial charge on any atom is -0.493 e. The Balaban J connectivity index is 0.859. The van der Waals surface area contributed by atoms with Crippen LogP contribution in [-0.2, 0) is 43.3 Å². The van der Waals surface area contributed by atoms with Crippen LogP contribution >= 0.6 is 0 Å². The highest BCUT2D eigenvalue weighted by Crippen LogP contribution is 2.19. The molecule has 2 heterocycles. The first-order valence-electron chi connectivity index (χ1n) is 17.7. The summed E-state index contributed by atoms with van der Waals surface area (Å²) in [4.78, 5) is 25.2. The van der Waals surface area contributed by atoms with E-state index in [9.17, 15) is 18.4 Å². The van der Waals surface area contributed by atoms with Crippen LogP contribution in [0.25, 0.3) is 0 Å². The molecular weight excluding hydrogens is 678 g/mol. The molecule has 0 aliphatic heterocycles. The topological polar surface area (TPSA) is 88.1 Å². The van der Waals surface area contributed by atoms with Crippen LogP contribution in [0.3, 0.4) is 0 Å². The smallest absolute Gasteiger partial charge is 0.382 e. The van der Waals surface area contributed by atoms with Gasteiger partial charge in [-0.3, -0.25) is 0 Å². The number of ether oxygens (including phenoxy) is 3. The van der Waals surface area contributed by atoms with Crippen molar-refractivity contribution in [3.8, 4) is 11.5 Å². The second kappa shape index (κ2) is 18.5. The third kappa shape index (κ3) is 11.5. The predicted molar refractivity (Wildman–Crippen MR) is 195 cm³/mol. The molecule has 0 saturated carbocycles. The zero-order chi connectivity index (χ0) is 36.8. The van der Waals surface area contributed by atoms with Crippen molar-refractivity contribution >= 4 is 11.9 Å². The van der Waals surface area contributed by atoms with E-state index in [-0.39, 0.29) is 23.2 Å². The number of aryl methyl sites for hydroxylation is 4. The van der Waals surface area contributed by atoms with E-state index in [4.69, 9.17) is 23.0 Å². The summed E-state index contributed by atoms with van der Waals surface area (Å²) in [5.41, 5.74) is 4.31. The number of rotatable bonds is 18. The molecule has 0 bridgehead atoms. The SMILES string of the molecule is O=C(OC(=O)c1ccc(CCCc2ccc(OCCc3ccc(F)cc3)cc2)o1)c1ccc(CCCc2ccc(OCCc3ccc(F)cc3)cc2)o1. The van der Waals surface area contributed by atoms with Crippen LogP contribution in [0.2, 0.25) is 0 Å². The van der Waals surface area contributed by atoms with Gasteiger partial charge in [-0.05, 0) is 121 Å². The fourth-order valence-electron chi connectivity index (χ4n) is 5.74. The molecule has 2 aromatic heterocycles. The zero-order valence-corrected chi connectivity index (χ0v) is 29.2. The summed E-state index contributed by atoms with van der Waals surface area (Å²) in [6, 6.07) is 35.0. The number of hydrogen-bond acceptors (Lipinski definition) is 7. The normalized spacial score (nSPS) is 11.0. The first-order chi connectivity index (χ1) is 25.9. The van der Waals surface area contributed by atoms with Crippen molar-refractivity contribution in [3.63, 3.8) is 0 Å². The van der Waals surface area contributed by atoms with E-state index < -0.39 is 11.9 Å². The Morgan fingerprint density at radius 1 is 0.434 bits per heavy atom. The Kier molecular flexibility index (Phi) is 12.9. The number of benzene rings is 4. The molecule has 0 radical (unpaired) electrons. The molecule has 4 aromatic carbocycles. The van der Waals surface area contributed by atoms with Gasteiger partial charge < -0.3 is 23.0 Å². The molecule has 272 valence electrons. The van der Waals surface area contributed by atoms with Gasteiger partial charge in [-0.25, -0.2) is 18.4 Å². The third-order valence-corrected chi connectivity index (χ3v) is 8.68. The van der Waals surface area contributed by atoms with Crippen molar-refractivity contribution in [2.24, 2.45) is 0 Å². The largest absolute Gasteiger partial charge is 0.493 e. The molecule has 0 amide bonds. The minimum absolute atomic E-state index is 0.0495. The summed E-state index contributed by atoms with van der Waals surface area (Å²) in [5.74, 6) is 0.427. The van der Waals surface area contributed by atoms with Gasteiger partial charge in [0.15, 0.2) is 0 Å². The molecule has 0 atom stereocenters. The lowest BCUT2D eigenvalue weighted by atomic mass is 10.1. The number of esters is 2. The Labute approximate surface area is 307 Å². The highest BCUT2D eigenvalue weighted by Gasteiger charge is 2.21. The van der Waals surface area contributed by atoms with Crippen molar-refractivity contribution in [3.05, 3.63) is 178 Å². The van der Waals surface area contributed by atoms with E-state index in [1.54, 1.807) is 36.4 Å². The van der Waals surface area contributed by atoms with E-state index in [0.717, 1.165) is 59.4 Å². The summed E-state index contributed by atoms with van der Waals surface area (Å²) in [6.07, 6.45) is 5.79. The minimum atomic E-state index is -0.878. The fraction of sp³-hybridized carbons (Fsp3) is 0.227. The average molecular weight is 719 g/mol. The maximum Gasteiger partial charge on any atom is 0.382 e. The molecule has 6 rings (SSSR count). The van der Waals surface area contributed by atoms with Crippen molar-refractivity contribution in [1.29, 1.82) is 0 Å². The second-order valence-corrected chi connectivity index (χ2v) is 12.7. The summed E-state index contributed by atoms with van der Waals surface area (Å²) in [6.45, 7) is 1.00. The van der Waals surface area contributed by atoms with Gasteiger partial charge in [0.25, 0.3) is 0 Å². The van der Waals surface area contributed by atoms with E-state index in [1.807, 2.05) is 48.5 Å². The van der Waals surface area contributed by atoms with Crippen molar-refractivity contribution < 1.29 is 41.4 Å². The van der Waals surface area contributed by atoms with Gasteiger partial charge in [0.05, 0.1) is 13.2 Å². The first-order valence-corrected chi connectivity index (χ1v) is 17.7. The predicted octanol–water partition coefficient (Wildman–Crippen LogP) is 9.74. The van der Waals surface area contributed by atoms with Gasteiger partial charge in [0, 0.05) is 25.7 Å². The van der Waals surface area contributed by atoms with Crippen LogP contribution in [0.5, 0.6) is 11.5 Å². The molecule has 0 spiro atoms. The standard InChI is InChI=1S/C44H40F2O7/c45-35-15-7-33(8-16-35)27-29-49-37-19-11-31(12-20-37)3-1-5-39-23-25-41(51-39)43(47)53-44(48)42-26-24-40(52-42)6-2-4-32-13-21-38(22-14-32)50-30-28-34-9-17-36(46)18-10-34/h7-26H,1-6,27-30H2. The van der Waals surface area contributed by atoms with Crippen LogP contribution in [0.15, 0.2) is 130 Å². The Morgan fingerprint density at radius 2 is 0.792 bits per heavy atom. The summed E-state index contributed by atoms with van der Waals surface area (Å²) in [5, 5.41) is 0. The van der Waals surface area contributed by atoms with Gasteiger partial charge in [-0.15, -0.1) is 0 Å². The average Bonchev–Trinajstić information content (AvgIpc) is 3.85. The maximum atomic E-state index is 13.1. The monoisotopic (exact) mass is 718 g/mol. The van der Waals surface area contributed by atoms with E-state index in [2.05, 4.69) is 0 Å². The van der Waals surface area contributed by atoms with Crippen LogP contribution in [0.4, 0.5) is 8.78 Å². The summed E-state index contributed by atoms with van der Waals surface area (Å²) >= 11 is 0. The molecule has 0 aliphatic rings. The highest BCUT2D eigenvalue weighted by atomic mass is 19.1. The van der Waals surface area contributed by atoms with Gasteiger partial charge in [0.2, 0.25) is 11.5 Å². The lowest BCUT2D eigenvalue weighted by molar-refractivity contribution is 0.0351. The number of halogens is 2. The lowest BCUT2D eigenvalue weighted by Crippen LogP contribution is -2.11. The molecule has 0 unspecified atom stereocenters. The molecule has 7 nitrogen and oxygen atoms in total. The van der Waals surface area contributed by atoms with Crippen molar-refractivity contribution in [1.82, 2.24) is 0 Å². The third-order valence-electron chi connectivity index (χ3n) is 8.68. The molecule has 9 heteroatoms. The number of furan rings is 2. The number of hydrogen-bond donors (Lipinski definition) is 0. The van der Waals surface area contributed by atoms with Gasteiger partial charge in [-0.2, -0.15) is 0 Å². The first kappa shape index (κ1) is 36.8. The molecular formula is C44H40F2O7. The zero-order valence-electron chi connectivity index (χ0n) is 29.2. The molecule has 0 N–H and O–H groups in total. The maximum absolute atomic E-state index is 13.1. The summed E-state index contributed by atoms with van der Waals surface area (Å²) < 4.78 is 54.1. The fourth-order valence-corrected chi connectivity index (χ4v) is 5.74. The lowest BCUT2D eigenvalue weighted by Gasteiger charge is -2.07. The highest BCUT2D eigenvalue weighted by molar-refractivity contribution is 6.00. The van der Waals surface area contributed by atoms with Gasteiger partial charge in [-0.1, -0.05) is 48.5 Å². The molecule has 0 fully saturated rings. The number of carbonyl (C=O) groups excluding carboxylic acids is 2. The Bertz CT molecular complexity index is 1900. The van der Waals surface area contributed by atoms with E-state index in [0.29, 0.717) is 50.4 Å². The van der Waals surface area contributed by atoms with Crippen LogP contribution in [0.1, 0.15) is 67.7 Å². The Morgan fingerprint density at radius 3 is 1.19 bits per heavy atom. The van der Waals surface area contributed by atoms with Gasteiger partial charge >= 0.3 is 11.9 Å². The number of carbonyl (C=O) groups is 2. The molecule has 6 aromatic rings. The van der Waals surface area contributed by atoms with Crippen LogP contribution in [-0.4, -0.2) is 25.2 Å². The Hall–Kier alpha value is -5.96. The van der Waals surface area contributed by atoms with E-state index >= 15 is 0 Å². The van der Waals surface area contributed by atoms with E-state index in [1.165, 1.54) is 36.4 Å². The molecule has 0 aliphatic carbocycles. The molecule has 53 heavy (non-hydrogen) atoms. The van der Waals surface area contributed by atoms with Gasteiger partial charge in [0.1, 0.15) is 34.7 Å². The van der Waals surface area contributed by atoms with Crippen molar-refractivity contribution in [2.75, 3.05) is 13.2 Å². The molecule has 0 saturated heterocycles.